The van der Waals surface area contributed by atoms with Crippen LogP contribution in [0.4, 0.5) is 10.5 Å². The number of carbonyl (C=O) groups is 3. The monoisotopic (exact) mass is 516 g/mol. The van der Waals surface area contributed by atoms with Gasteiger partial charge in [0.25, 0.3) is 11.8 Å². The molecule has 8 heteroatoms. The van der Waals surface area contributed by atoms with Crippen molar-refractivity contribution in [2.75, 3.05) is 25.1 Å². The number of unbranched alkanes of at least 4 members (excludes halogenated alkanes) is 5. The Hall–Kier alpha value is -3.81. The van der Waals surface area contributed by atoms with Gasteiger partial charge in [0.1, 0.15) is 5.75 Å². The fraction of sp³-hybridized carbons (Fsp3) is 0.433. The molecule has 38 heavy (non-hydrogen) atoms. The van der Waals surface area contributed by atoms with Crippen LogP contribution < -0.4 is 15.0 Å². The predicted molar refractivity (Wildman–Crippen MR) is 148 cm³/mol. The molecule has 3 heterocycles. The Bertz CT molecular complexity index is 1380. The highest BCUT2D eigenvalue weighted by molar-refractivity contribution is 6.25. The maximum atomic E-state index is 14.1. The summed E-state index contributed by atoms with van der Waals surface area (Å²) >= 11 is 0. The lowest BCUT2D eigenvalue weighted by Gasteiger charge is -2.35. The second kappa shape index (κ2) is 10.5. The largest absolute Gasteiger partial charge is 0.497 e. The topological polar surface area (TPSA) is 94.7 Å². The Labute approximate surface area is 223 Å². The molecule has 1 fully saturated rings. The van der Waals surface area contributed by atoms with Crippen LogP contribution in [0.25, 0.3) is 10.9 Å². The van der Waals surface area contributed by atoms with Crippen LogP contribution in [0.5, 0.6) is 5.75 Å². The van der Waals surface area contributed by atoms with Gasteiger partial charge >= 0.3 is 6.03 Å². The van der Waals surface area contributed by atoms with Crippen LogP contribution in [0.3, 0.4) is 0 Å². The van der Waals surface area contributed by atoms with E-state index in [1.807, 2.05) is 18.2 Å². The zero-order valence-electron chi connectivity index (χ0n) is 22.4. The Morgan fingerprint density at radius 1 is 1.08 bits per heavy atom. The van der Waals surface area contributed by atoms with Crippen LogP contribution >= 0.6 is 0 Å². The number of hydrogen-bond acceptors (Lipinski definition) is 4. The van der Waals surface area contributed by atoms with E-state index in [2.05, 4.69) is 17.2 Å². The number of aromatic nitrogens is 1. The number of benzene rings is 2. The predicted octanol–water partition coefficient (Wildman–Crippen LogP) is 5.51. The molecule has 8 nitrogen and oxygen atoms in total. The van der Waals surface area contributed by atoms with Crippen LogP contribution in [0.2, 0.25) is 0 Å². The first-order chi connectivity index (χ1) is 18.4. The number of para-hydroxylation sites is 1. The van der Waals surface area contributed by atoms with Gasteiger partial charge in [-0.05, 0) is 55.7 Å². The van der Waals surface area contributed by atoms with Crippen molar-refractivity contribution in [2.45, 2.75) is 64.3 Å². The Balaban J connectivity index is 1.41. The maximum Gasteiger partial charge on any atom is 0.332 e. The molecule has 0 saturated carbocycles. The zero-order valence-corrected chi connectivity index (χ0v) is 22.4. The number of nitrogens with zero attached hydrogens (tertiary/aromatic N) is 2. The van der Waals surface area contributed by atoms with E-state index < -0.39 is 11.6 Å². The van der Waals surface area contributed by atoms with E-state index >= 15 is 0 Å². The van der Waals surface area contributed by atoms with E-state index in [0.29, 0.717) is 30.8 Å². The molecule has 2 aliphatic heterocycles. The first-order valence-electron chi connectivity index (χ1n) is 13.6. The molecule has 4 amide bonds. The molecule has 0 unspecified atom stereocenters. The summed E-state index contributed by atoms with van der Waals surface area (Å²) in [5.41, 5.74) is 2.08. The Morgan fingerprint density at radius 3 is 2.63 bits per heavy atom. The van der Waals surface area contributed by atoms with Crippen molar-refractivity contribution in [3.63, 3.8) is 0 Å². The lowest BCUT2D eigenvalue weighted by Crippen LogP contribution is -2.49. The van der Waals surface area contributed by atoms with E-state index in [4.69, 9.17) is 4.74 Å². The van der Waals surface area contributed by atoms with Crippen molar-refractivity contribution in [2.24, 2.45) is 0 Å². The van der Waals surface area contributed by atoms with Gasteiger partial charge in [0.2, 0.25) is 0 Å². The summed E-state index contributed by atoms with van der Waals surface area (Å²) in [6.45, 7) is 4.95. The molecule has 2 N–H and O–H groups in total. The summed E-state index contributed by atoms with van der Waals surface area (Å²) in [5, 5.41) is 3.97. The number of urea groups is 1. The van der Waals surface area contributed by atoms with Gasteiger partial charge in [-0.25, -0.2) is 9.69 Å². The molecule has 1 aromatic heterocycles. The third kappa shape index (κ3) is 4.22. The summed E-state index contributed by atoms with van der Waals surface area (Å²) in [5.74, 6) is 0.101. The standard InChI is InChI=1S/C30H36N4O4/c1-4-5-6-7-8-11-17-31-27(35)22-12-9-10-13-25(22)34-28(36)30(2)26-21(16-18-33(30)29(34)37)23-19-20(38-3)14-15-24(23)32-26/h9-10,12-15,19,32H,4-8,11,16-18H2,1-3H3,(H,31,35)/t30-/m0/s1. The molecule has 0 spiro atoms. The summed E-state index contributed by atoms with van der Waals surface area (Å²) in [6.07, 6.45) is 7.40. The van der Waals surface area contributed by atoms with E-state index in [-0.39, 0.29) is 11.8 Å². The average Bonchev–Trinajstić information content (AvgIpc) is 3.40. The van der Waals surface area contributed by atoms with E-state index in [0.717, 1.165) is 47.2 Å². The third-order valence-electron chi connectivity index (χ3n) is 7.97. The average molecular weight is 517 g/mol. The molecule has 0 bridgehead atoms. The van der Waals surface area contributed by atoms with Gasteiger partial charge in [-0.1, -0.05) is 51.2 Å². The van der Waals surface area contributed by atoms with Gasteiger partial charge in [0.15, 0.2) is 5.54 Å². The number of rotatable bonds is 10. The third-order valence-corrected chi connectivity index (χ3v) is 7.97. The number of ether oxygens (including phenoxy) is 1. The minimum Gasteiger partial charge on any atom is -0.497 e. The molecular formula is C30H36N4O4. The highest BCUT2D eigenvalue weighted by atomic mass is 16.5. The Kier molecular flexibility index (Phi) is 7.15. The molecule has 200 valence electrons. The molecular weight excluding hydrogens is 480 g/mol. The second-order valence-electron chi connectivity index (χ2n) is 10.3. The number of anilines is 1. The molecule has 1 atom stereocenters. The Morgan fingerprint density at radius 2 is 1.84 bits per heavy atom. The van der Waals surface area contributed by atoms with Gasteiger partial charge in [-0.2, -0.15) is 0 Å². The van der Waals surface area contributed by atoms with E-state index in [1.165, 1.54) is 24.2 Å². The number of aromatic amines is 1. The minimum atomic E-state index is -1.20. The molecule has 2 aromatic carbocycles. The van der Waals surface area contributed by atoms with Crippen LogP contribution in [0.1, 0.15) is 74.0 Å². The molecule has 0 aliphatic carbocycles. The van der Waals surface area contributed by atoms with Crippen molar-refractivity contribution < 1.29 is 19.1 Å². The summed E-state index contributed by atoms with van der Waals surface area (Å²) in [7, 11) is 1.63. The molecule has 2 aliphatic rings. The number of fused-ring (bicyclic) bond motifs is 5. The van der Waals surface area contributed by atoms with Gasteiger partial charge < -0.3 is 19.9 Å². The fourth-order valence-electron chi connectivity index (χ4n) is 5.82. The fourth-order valence-corrected chi connectivity index (χ4v) is 5.82. The van der Waals surface area contributed by atoms with Crippen molar-refractivity contribution in [3.05, 3.63) is 59.3 Å². The van der Waals surface area contributed by atoms with Crippen molar-refractivity contribution in [1.29, 1.82) is 0 Å². The van der Waals surface area contributed by atoms with Gasteiger partial charge in [0.05, 0.1) is 24.1 Å². The summed E-state index contributed by atoms with van der Waals surface area (Å²) in [4.78, 5) is 47.2. The normalized spacial score (nSPS) is 18.6. The number of H-pyrrole nitrogens is 1. The number of nitrogens with one attached hydrogen (secondary N) is 2. The number of methoxy groups -OCH3 is 1. The van der Waals surface area contributed by atoms with Crippen molar-refractivity contribution in [1.82, 2.24) is 15.2 Å². The number of hydrogen-bond donors (Lipinski definition) is 2. The van der Waals surface area contributed by atoms with Gasteiger partial charge in [0, 0.05) is 24.0 Å². The minimum absolute atomic E-state index is 0.275. The second-order valence-corrected chi connectivity index (χ2v) is 10.3. The van der Waals surface area contributed by atoms with Gasteiger partial charge in [-0.3, -0.25) is 9.59 Å². The molecule has 3 aromatic rings. The van der Waals surface area contributed by atoms with Crippen LogP contribution in [0, 0.1) is 0 Å². The highest BCUT2D eigenvalue weighted by Crippen LogP contribution is 2.46. The van der Waals surface area contributed by atoms with Gasteiger partial charge in [-0.15, -0.1) is 0 Å². The van der Waals surface area contributed by atoms with E-state index in [1.54, 1.807) is 43.2 Å². The van der Waals surface area contributed by atoms with Crippen LogP contribution in [-0.4, -0.2) is 47.9 Å². The molecule has 0 radical (unpaired) electrons. The lowest BCUT2D eigenvalue weighted by molar-refractivity contribution is -0.125. The number of carbonyl (C=O) groups excluding carboxylic acids is 3. The number of amides is 4. The SMILES string of the molecule is CCCCCCCCNC(=O)c1ccccc1N1C(=O)N2CCc3c([nH]c4ccc(OC)cc34)[C@@]2(C)C1=O. The van der Waals surface area contributed by atoms with Crippen molar-refractivity contribution >= 4 is 34.4 Å². The summed E-state index contributed by atoms with van der Waals surface area (Å²) in [6, 6.07) is 12.2. The summed E-state index contributed by atoms with van der Waals surface area (Å²) < 4.78 is 5.41. The van der Waals surface area contributed by atoms with Crippen LogP contribution in [-0.2, 0) is 16.8 Å². The lowest BCUT2D eigenvalue weighted by atomic mass is 9.87. The van der Waals surface area contributed by atoms with Crippen molar-refractivity contribution in [3.8, 4) is 5.75 Å². The first-order valence-corrected chi connectivity index (χ1v) is 13.6. The van der Waals surface area contributed by atoms with Crippen LogP contribution in [0.15, 0.2) is 42.5 Å². The number of imide groups is 1. The smallest absolute Gasteiger partial charge is 0.332 e. The highest BCUT2D eigenvalue weighted by Gasteiger charge is 2.59. The quantitative estimate of drug-likeness (QED) is 0.275. The zero-order chi connectivity index (χ0) is 26.9. The molecule has 1 saturated heterocycles. The molecule has 5 rings (SSSR count). The maximum absolute atomic E-state index is 14.1. The van der Waals surface area contributed by atoms with E-state index in [9.17, 15) is 14.4 Å². The first kappa shape index (κ1) is 25.8.